The average molecular weight is 334 g/mol. The Balaban J connectivity index is 3.33. The van der Waals surface area contributed by atoms with Crippen LogP contribution in [0.1, 0.15) is 40.7 Å². The Morgan fingerprint density at radius 1 is 1.44 bits per heavy atom. The van der Waals surface area contributed by atoms with Crippen LogP contribution in [0.25, 0.3) is 0 Å². The molecule has 0 aliphatic rings. The van der Waals surface area contributed by atoms with Gasteiger partial charge in [0.15, 0.2) is 5.78 Å². The van der Waals surface area contributed by atoms with E-state index in [2.05, 4.69) is 15.9 Å². The molecule has 1 aromatic carbocycles. The van der Waals surface area contributed by atoms with Gasteiger partial charge in [0.05, 0.1) is 12.2 Å². The molecule has 0 saturated carbocycles. The molecule has 3 nitrogen and oxygen atoms in total. The van der Waals surface area contributed by atoms with E-state index >= 15 is 0 Å². The van der Waals surface area contributed by atoms with Crippen LogP contribution in [0.15, 0.2) is 18.2 Å². The lowest BCUT2D eigenvalue weighted by molar-refractivity contribution is -0.116. The third-order valence-corrected chi connectivity index (χ3v) is 3.58. The maximum atomic E-state index is 12.0. The minimum absolute atomic E-state index is 0.200. The molecule has 5 heteroatoms. The molecule has 0 aromatic heterocycles. The Morgan fingerprint density at radius 2 is 2.11 bits per heavy atom. The van der Waals surface area contributed by atoms with Gasteiger partial charge in [0.2, 0.25) is 0 Å². The number of alkyl halides is 2. The van der Waals surface area contributed by atoms with Crippen molar-refractivity contribution in [3.05, 3.63) is 34.9 Å². The second kappa shape index (κ2) is 6.90. The van der Waals surface area contributed by atoms with E-state index in [4.69, 9.17) is 16.3 Å². The summed E-state index contributed by atoms with van der Waals surface area (Å²) in [6.45, 7) is 3.41. The molecular formula is C13H14BrClO3. The van der Waals surface area contributed by atoms with Crippen LogP contribution in [-0.4, -0.2) is 18.4 Å². The molecule has 0 aliphatic heterocycles. The van der Waals surface area contributed by atoms with E-state index in [1.807, 2.05) is 0 Å². The number of Topliss-reactive ketones (excluding diaryl/α,β-unsaturated/α-hetero) is 1. The van der Waals surface area contributed by atoms with E-state index < -0.39 is 11.3 Å². The number of rotatable bonds is 5. The van der Waals surface area contributed by atoms with Gasteiger partial charge in [-0.15, -0.1) is 11.6 Å². The number of benzene rings is 1. The highest BCUT2D eigenvalue weighted by Gasteiger charge is 2.23. The van der Waals surface area contributed by atoms with Gasteiger partial charge in [-0.25, -0.2) is 4.79 Å². The van der Waals surface area contributed by atoms with E-state index in [1.165, 1.54) is 6.92 Å². The summed E-state index contributed by atoms with van der Waals surface area (Å²) in [5.74, 6) is -0.650. The van der Waals surface area contributed by atoms with Crippen LogP contribution in [0.4, 0.5) is 0 Å². The second-order valence-corrected chi connectivity index (χ2v) is 4.71. The number of hydrogen-bond donors (Lipinski definition) is 0. The van der Waals surface area contributed by atoms with Crippen LogP contribution in [0.3, 0.4) is 0 Å². The molecule has 18 heavy (non-hydrogen) atoms. The smallest absolute Gasteiger partial charge is 0.338 e. The molecule has 0 heterocycles. The van der Waals surface area contributed by atoms with Gasteiger partial charge in [0.1, 0.15) is 5.38 Å². The third kappa shape index (κ3) is 3.33. The van der Waals surface area contributed by atoms with Gasteiger partial charge in [-0.05, 0) is 25.0 Å². The Kier molecular flexibility index (Phi) is 5.82. The zero-order chi connectivity index (χ0) is 13.7. The van der Waals surface area contributed by atoms with Crippen molar-refractivity contribution < 1.29 is 14.3 Å². The summed E-state index contributed by atoms with van der Waals surface area (Å²) in [7, 11) is 0. The minimum atomic E-state index is -0.830. The first-order valence-electron chi connectivity index (χ1n) is 5.52. The average Bonchev–Trinajstić information content (AvgIpc) is 2.36. The van der Waals surface area contributed by atoms with E-state index in [1.54, 1.807) is 25.1 Å². The van der Waals surface area contributed by atoms with Crippen LogP contribution in [-0.2, 0) is 14.9 Å². The highest BCUT2D eigenvalue weighted by molar-refractivity contribution is 9.08. The molecule has 0 radical (unpaired) electrons. The Bertz CT molecular complexity index is 460. The molecule has 0 spiro atoms. The van der Waals surface area contributed by atoms with Gasteiger partial charge in [-0.1, -0.05) is 34.1 Å². The van der Waals surface area contributed by atoms with Crippen molar-refractivity contribution in [2.24, 2.45) is 0 Å². The molecule has 1 atom stereocenters. The molecule has 98 valence electrons. The van der Waals surface area contributed by atoms with Crippen LogP contribution in [0.5, 0.6) is 0 Å². The number of halogens is 2. The van der Waals surface area contributed by atoms with E-state index in [9.17, 15) is 9.59 Å². The van der Waals surface area contributed by atoms with Crippen molar-refractivity contribution in [3.8, 4) is 0 Å². The summed E-state index contributed by atoms with van der Waals surface area (Å²) in [5.41, 5.74) is 1.64. The summed E-state index contributed by atoms with van der Waals surface area (Å²) in [6, 6.07) is 5.25. The molecular weight excluding hydrogens is 319 g/mol. The fourth-order valence-corrected chi connectivity index (χ4v) is 2.26. The number of ether oxygens (including phenoxy) is 1. The van der Waals surface area contributed by atoms with E-state index in [0.717, 1.165) is 5.56 Å². The van der Waals surface area contributed by atoms with Gasteiger partial charge in [0.25, 0.3) is 0 Å². The first-order valence-corrected chi connectivity index (χ1v) is 7.08. The van der Waals surface area contributed by atoms with Gasteiger partial charge in [-0.3, -0.25) is 4.79 Å². The topological polar surface area (TPSA) is 43.4 Å². The molecule has 0 saturated heterocycles. The largest absolute Gasteiger partial charge is 0.462 e. The van der Waals surface area contributed by atoms with Crippen LogP contribution in [0, 0.1) is 0 Å². The SMILES string of the molecule is CCOC(=O)c1c(CBr)cccc1C(Cl)C(C)=O. The number of ketones is 1. The van der Waals surface area contributed by atoms with Gasteiger partial charge >= 0.3 is 5.97 Å². The summed E-state index contributed by atoms with van der Waals surface area (Å²) < 4.78 is 5.01. The van der Waals surface area contributed by atoms with Crippen LogP contribution in [0.2, 0.25) is 0 Å². The lowest BCUT2D eigenvalue weighted by Crippen LogP contribution is -2.14. The number of hydrogen-bond acceptors (Lipinski definition) is 3. The monoisotopic (exact) mass is 332 g/mol. The van der Waals surface area contributed by atoms with E-state index in [-0.39, 0.29) is 12.4 Å². The molecule has 1 aromatic rings. The van der Waals surface area contributed by atoms with Crippen molar-refractivity contribution in [2.75, 3.05) is 6.61 Å². The van der Waals surface area contributed by atoms with Gasteiger partial charge in [0, 0.05) is 5.33 Å². The summed E-state index contributed by atoms with van der Waals surface area (Å²) in [4.78, 5) is 23.3. The number of carbonyl (C=O) groups is 2. The molecule has 0 aliphatic carbocycles. The third-order valence-electron chi connectivity index (χ3n) is 2.44. The fraction of sp³-hybridized carbons (Fsp3) is 0.385. The first kappa shape index (κ1) is 15.2. The van der Waals surface area contributed by atoms with Crippen LogP contribution >= 0.6 is 27.5 Å². The molecule has 1 rings (SSSR count). The number of esters is 1. The maximum absolute atomic E-state index is 12.0. The molecule has 0 fully saturated rings. The summed E-state index contributed by atoms with van der Waals surface area (Å²) >= 11 is 9.36. The summed E-state index contributed by atoms with van der Waals surface area (Å²) in [5, 5.41) is -0.334. The molecule has 0 N–H and O–H groups in total. The standard InChI is InChI=1S/C13H14BrClO3/c1-3-18-13(17)11-9(7-14)5-4-6-10(11)12(15)8(2)16/h4-6,12H,3,7H2,1-2H3. The molecule has 0 bridgehead atoms. The van der Waals surface area contributed by atoms with Crippen LogP contribution < -0.4 is 0 Å². The quantitative estimate of drug-likeness (QED) is 0.610. The normalized spacial score (nSPS) is 12.0. The fourth-order valence-electron chi connectivity index (χ4n) is 1.61. The van der Waals surface area contributed by atoms with Crippen molar-refractivity contribution in [2.45, 2.75) is 24.6 Å². The Morgan fingerprint density at radius 3 is 2.61 bits per heavy atom. The van der Waals surface area contributed by atoms with Crippen molar-refractivity contribution >= 4 is 39.3 Å². The van der Waals surface area contributed by atoms with Crippen molar-refractivity contribution in [1.29, 1.82) is 0 Å². The zero-order valence-electron chi connectivity index (χ0n) is 10.2. The predicted octanol–water partition coefficient (Wildman–Crippen LogP) is 3.63. The van der Waals surface area contributed by atoms with Crippen molar-refractivity contribution in [3.63, 3.8) is 0 Å². The van der Waals surface area contributed by atoms with Gasteiger partial charge < -0.3 is 4.74 Å². The van der Waals surface area contributed by atoms with Gasteiger partial charge in [-0.2, -0.15) is 0 Å². The lowest BCUT2D eigenvalue weighted by Gasteiger charge is -2.14. The summed E-state index contributed by atoms with van der Waals surface area (Å²) in [6.07, 6.45) is 0. The Hall–Kier alpha value is -0.870. The predicted molar refractivity (Wildman–Crippen MR) is 74.3 cm³/mol. The molecule has 0 amide bonds. The minimum Gasteiger partial charge on any atom is -0.462 e. The highest BCUT2D eigenvalue weighted by Crippen LogP contribution is 2.29. The van der Waals surface area contributed by atoms with E-state index in [0.29, 0.717) is 16.5 Å². The second-order valence-electron chi connectivity index (χ2n) is 3.71. The van der Waals surface area contributed by atoms with Crippen molar-refractivity contribution in [1.82, 2.24) is 0 Å². The first-order chi connectivity index (χ1) is 8.52. The lowest BCUT2D eigenvalue weighted by atomic mass is 9.98. The number of carbonyl (C=O) groups excluding carboxylic acids is 2. The Labute approximate surface area is 120 Å². The molecule has 1 unspecified atom stereocenters. The zero-order valence-corrected chi connectivity index (χ0v) is 12.5. The maximum Gasteiger partial charge on any atom is 0.338 e. The highest BCUT2D eigenvalue weighted by atomic mass is 79.9.